The standard InChI is InChI=1S/C7H6FNO2/c1-5(10)11-6-3-2-4-9-7(6)8/h2-4H,1H3. The fourth-order valence-electron chi connectivity index (χ4n) is 0.602. The van der Waals surface area contributed by atoms with Crippen LogP contribution in [0.5, 0.6) is 5.75 Å². The molecule has 0 aliphatic rings. The predicted molar refractivity (Wildman–Crippen MR) is 35.5 cm³/mol. The van der Waals surface area contributed by atoms with Gasteiger partial charge in [0.25, 0.3) is 5.95 Å². The first-order valence-electron chi connectivity index (χ1n) is 2.99. The highest BCUT2D eigenvalue weighted by atomic mass is 19.1. The van der Waals surface area contributed by atoms with Gasteiger partial charge in [0.2, 0.25) is 0 Å². The zero-order chi connectivity index (χ0) is 8.27. The zero-order valence-corrected chi connectivity index (χ0v) is 5.87. The van der Waals surface area contributed by atoms with E-state index in [-0.39, 0.29) is 5.75 Å². The molecule has 1 aromatic rings. The van der Waals surface area contributed by atoms with Crippen molar-refractivity contribution in [1.29, 1.82) is 0 Å². The molecule has 4 heteroatoms. The first kappa shape index (κ1) is 7.65. The number of aromatic nitrogens is 1. The molecular formula is C7H6FNO2. The average Bonchev–Trinajstić information content (AvgIpc) is 1.93. The molecule has 0 radical (unpaired) electrons. The van der Waals surface area contributed by atoms with Crippen LogP contribution in [0.1, 0.15) is 6.92 Å². The molecule has 1 rings (SSSR count). The Balaban J connectivity index is 2.86. The molecule has 0 aromatic carbocycles. The molecule has 58 valence electrons. The Morgan fingerprint density at radius 1 is 1.73 bits per heavy atom. The minimum atomic E-state index is -0.775. The van der Waals surface area contributed by atoms with Crippen LogP contribution in [-0.2, 0) is 4.79 Å². The van der Waals surface area contributed by atoms with Gasteiger partial charge in [-0.2, -0.15) is 4.39 Å². The number of esters is 1. The second-order valence-corrected chi connectivity index (χ2v) is 1.89. The molecule has 0 aliphatic carbocycles. The fraction of sp³-hybridized carbons (Fsp3) is 0.143. The highest BCUT2D eigenvalue weighted by Crippen LogP contribution is 2.12. The monoisotopic (exact) mass is 155 g/mol. The normalized spacial score (nSPS) is 9.27. The van der Waals surface area contributed by atoms with Crippen LogP contribution in [0.4, 0.5) is 4.39 Å². The molecule has 0 N–H and O–H groups in total. The summed E-state index contributed by atoms with van der Waals surface area (Å²) in [4.78, 5) is 13.6. The Kier molecular flexibility index (Phi) is 2.15. The van der Waals surface area contributed by atoms with Crippen molar-refractivity contribution in [3.05, 3.63) is 24.3 Å². The van der Waals surface area contributed by atoms with E-state index in [1.54, 1.807) is 0 Å². The zero-order valence-electron chi connectivity index (χ0n) is 5.87. The SMILES string of the molecule is CC(=O)Oc1cccnc1F. The van der Waals surface area contributed by atoms with Gasteiger partial charge in [-0.05, 0) is 12.1 Å². The van der Waals surface area contributed by atoms with E-state index in [4.69, 9.17) is 0 Å². The van der Waals surface area contributed by atoms with Gasteiger partial charge >= 0.3 is 5.97 Å². The van der Waals surface area contributed by atoms with Gasteiger partial charge in [0.15, 0.2) is 5.75 Å². The van der Waals surface area contributed by atoms with E-state index in [1.165, 1.54) is 25.3 Å². The van der Waals surface area contributed by atoms with E-state index in [9.17, 15) is 9.18 Å². The Morgan fingerprint density at radius 3 is 3.00 bits per heavy atom. The molecule has 0 bridgehead atoms. The number of nitrogens with zero attached hydrogens (tertiary/aromatic N) is 1. The third-order valence-corrected chi connectivity index (χ3v) is 0.979. The van der Waals surface area contributed by atoms with Gasteiger partial charge in [0, 0.05) is 13.1 Å². The molecule has 0 spiro atoms. The van der Waals surface area contributed by atoms with Crippen molar-refractivity contribution < 1.29 is 13.9 Å². The summed E-state index contributed by atoms with van der Waals surface area (Å²) < 4.78 is 17.0. The lowest BCUT2D eigenvalue weighted by molar-refractivity contribution is -0.132. The van der Waals surface area contributed by atoms with Gasteiger partial charge in [0.05, 0.1) is 0 Å². The Hall–Kier alpha value is -1.45. The van der Waals surface area contributed by atoms with Crippen LogP contribution >= 0.6 is 0 Å². The quantitative estimate of drug-likeness (QED) is 0.451. The van der Waals surface area contributed by atoms with E-state index in [0.717, 1.165) is 0 Å². The maximum Gasteiger partial charge on any atom is 0.308 e. The van der Waals surface area contributed by atoms with E-state index in [1.807, 2.05) is 0 Å². The Morgan fingerprint density at radius 2 is 2.45 bits per heavy atom. The number of carbonyl (C=O) groups is 1. The Labute approximate surface area is 62.8 Å². The summed E-state index contributed by atoms with van der Waals surface area (Å²) >= 11 is 0. The maximum atomic E-state index is 12.6. The van der Waals surface area contributed by atoms with Gasteiger partial charge in [-0.1, -0.05) is 0 Å². The van der Waals surface area contributed by atoms with Gasteiger partial charge in [-0.3, -0.25) is 4.79 Å². The van der Waals surface area contributed by atoms with Crippen LogP contribution in [-0.4, -0.2) is 11.0 Å². The lowest BCUT2D eigenvalue weighted by Gasteiger charge is -1.99. The molecule has 3 nitrogen and oxygen atoms in total. The summed E-state index contributed by atoms with van der Waals surface area (Å²) in [5.74, 6) is -1.47. The number of hydrogen-bond donors (Lipinski definition) is 0. The number of halogens is 1. The van der Waals surface area contributed by atoms with Gasteiger partial charge in [0.1, 0.15) is 0 Å². The summed E-state index contributed by atoms with van der Waals surface area (Å²) in [7, 11) is 0. The summed E-state index contributed by atoms with van der Waals surface area (Å²) in [5, 5.41) is 0. The van der Waals surface area contributed by atoms with Crippen LogP contribution < -0.4 is 4.74 Å². The lowest BCUT2D eigenvalue weighted by atomic mass is 10.4. The van der Waals surface area contributed by atoms with Crippen molar-refractivity contribution in [2.75, 3.05) is 0 Å². The summed E-state index contributed by atoms with van der Waals surface area (Å²) in [5.41, 5.74) is 0. The van der Waals surface area contributed by atoms with Crippen molar-refractivity contribution in [3.8, 4) is 5.75 Å². The average molecular weight is 155 g/mol. The third kappa shape index (κ3) is 2.00. The summed E-state index contributed by atoms with van der Waals surface area (Å²) in [6.45, 7) is 1.20. The van der Waals surface area contributed by atoms with Crippen LogP contribution in [0, 0.1) is 5.95 Å². The van der Waals surface area contributed by atoms with Crippen LogP contribution in [0.2, 0.25) is 0 Å². The second kappa shape index (κ2) is 3.09. The molecule has 1 heterocycles. The summed E-state index contributed by atoms with van der Waals surface area (Å²) in [6.07, 6.45) is 1.28. The smallest absolute Gasteiger partial charge is 0.308 e. The molecular weight excluding hydrogens is 149 g/mol. The van der Waals surface area contributed by atoms with Crippen LogP contribution in [0.3, 0.4) is 0 Å². The number of carbonyl (C=O) groups excluding carboxylic acids is 1. The van der Waals surface area contributed by atoms with Gasteiger partial charge in [-0.15, -0.1) is 0 Å². The van der Waals surface area contributed by atoms with E-state index < -0.39 is 11.9 Å². The number of hydrogen-bond acceptors (Lipinski definition) is 3. The third-order valence-electron chi connectivity index (χ3n) is 0.979. The molecule has 0 fully saturated rings. The first-order chi connectivity index (χ1) is 5.20. The van der Waals surface area contributed by atoms with E-state index in [0.29, 0.717) is 0 Å². The minimum absolute atomic E-state index is 0.139. The first-order valence-corrected chi connectivity index (χ1v) is 2.99. The topological polar surface area (TPSA) is 39.2 Å². The predicted octanol–water partition coefficient (Wildman–Crippen LogP) is 1.15. The highest BCUT2D eigenvalue weighted by molar-refractivity contribution is 5.69. The number of ether oxygens (including phenoxy) is 1. The highest BCUT2D eigenvalue weighted by Gasteiger charge is 2.04. The summed E-state index contributed by atoms with van der Waals surface area (Å²) in [6, 6.07) is 2.82. The molecule has 0 saturated carbocycles. The maximum absolute atomic E-state index is 12.6. The molecule has 0 atom stereocenters. The van der Waals surface area contributed by atoms with Crippen molar-refractivity contribution >= 4 is 5.97 Å². The van der Waals surface area contributed by atoms with Crippen molar-refractivity contribution in [1.82, 2.24) is 4.98 Å². The van der Waals surface area contributed by atoms with Gasteiger partial charge < -0.3 is 4.74 Å². The number of rotatable bonds is 1. The van der Waals surface area contributed by atoms with Crippen molar-refractivity contribution in [2.45, 2.75) is 6.92 Å². The minimum Gasteiger partial charge on any atom is -0.422 e. The van der Waals surface area contributed by atoms with E-state index in [2.05, 4.69) is 9.72 Å². The second-order valence-electron chi connectivity index (χ2n) is 1.89. The van der Waals surface area contributed by atoms with Crippen LogP contribution in [0.25, 0.3) is 0 Å². The fourth-order valence-corrected chi connectivity index (χ4v) is 0.602. The van der Waals surface area contributed by atoms with Crippen molar-refractivity contribution in [3.63, 3.8) is 0 Å². The largest absolute Gasteiger partial charge is 0.422 e. The molecule has 0 amide bonds. The molecule has 1 aromatic heterocycles. The Bertz CT molecular complexity index is 275. The number of pyridine rings is 1. The molecule has 0 aliphatic heterocycles. The van der Waals surface area contributed by atoms with Gasteiger partial charge in [-0.25, -0.2) is 4.98 Å². The van der Waals surface area contributed by atoms with Crippen molar-refractivity contribution in [2.24, 2.45) is 0 Å². The van der Waals surface area contributed by atoms with Crippen LogP contribution in [0.15, 0.2) is 18.3 Å². The molecule has 0 unspecified atom stereocenters. The molecule has 11 heavy (non-hydrogen) atoms. The lowest BCUT2D eigenvalue weighted by Crippen LogP contribution is -2.03. The molecule has 0 saturated heterocycles. The van der Waals surface area contributed by atoms with E-state index >= 15 is 0 Å².